The summed E-state index contributed by atoms with van der Waals surface area (Å²) in [5.74, 6) is 0. The van der Waals surface area contributed by atoms with Crippen LogP contribution < -0.4 is 0 Å². The zero-order valence-corrected chi connectivity index (χ0v) is 10.4. The van der Waals surface area contributed by atoms with Crippen LogP contribution in [0.3, 0.4) is 0 Å². The average molecular weight is 256 g/mol. The molecule has 2 heterocycles. The molecule has 0 saturated heterocycles. The van der Waals surface area contributed by atoms with Crippen molar-refractivity contribution in [2.24, 2.45) is 7.05 Å². The van der Waals surface area contributed by atoms with Crippen molar-refractivity contribution in [2.75, 3.05) is 6.61 Å². The van der Waals surface area contributed by atoms with Crippen molar-refractivity contribution in [3.05, 3.63) is 17.8 Å². The number of aryl methyl sites for hydroxylation is 2. The Morgan fingerprint density at radius 1 is 1.42 bits per heavy atom. The average Bonchev–Trinajstić information content (AvgIpc) is 2.99. The number of hydrogen-bond donors (Lipinski definition) is 1. The zero-order chi connectivity index (χ0) is 13.4. The minimum absolute atomic E-state index is 0.103. The first-order valence-corrected chi connectivity index (χ1v) is 5.95. The third-order valence-corrected chi connectivity index (χ3v) is 3.14. The van der Waals surface area contributed by atoms with Gasteiger partial charge in [-0.05, 0) is 12.5 Å². The molecule has 7 nitrogen and oxygen atoms in total. The van der Waals surface area contributed by atoms with Crippen molar-refractivity contribution < 1.29 is 5.11 Å². The number of fused-ring (bicyclic) bond motifs is 3. The molecule has 7 heteroatoms. The first-order valence-electron chi connectivity index (χ1n) is 5.95. The molecule has 0 saturated carbocycles. The number of aromatic nitrogens is 5. The molecular formula is C12H12N6O. The standard InChI is InChI=1S/C12H12N6O/c1-17-11-9(7-14-17)8(6-13)5-10-12(11)18(16-15-10)3-2-4-19/h5,7,19H,2-4H2,1H3. The van der Waals surface area contributed by atoms with Crippen molar-refractivity contribution >= 4 is 21.9 Å². The van der Waals surface area contributed by atoms with E-state index in [0.717, 1.165) is 16.4 Å². The molecule has 0 unspecified atom stereocenters. The van der Waals surface area contributed by atoms with Gasteiger partial charge in [-0.25, -0.2) is 4.68 Å². The van der Waals surface area contributed by atoms with Crippen LogP contribution in [0.4, 0.5) is 0 Å². The highest BCUT2D eigenvalue weighted by Gasteiger charge is 2.15. The lowest BCUT2D eigenvalue weighted by atomic mass is 10.1. The van der Waals surface area contributed by atoms with Crippen molar-refractivity contribution in [3.63, 3.8) is 0 Å². The molecule has 96 valence electrons. The van der Waals surface area contributed by atoms with E-state index in [1.165, 1.54) is 0 Å². The highest BCUT2D eigenvalue weighted by atomic mass is 16.3. The van der Waals surface area contributed by atoms with Crippen LogP contribution >= 0.6 is 0 Å². The van der Waals surface area contributed by atoms with Crippen molar-refractivity contribution in [3.8, 4) is 6.07 Å². The molecule has 2 aromatic heterocycles. The van der Waals surface area contributed by atoms with E-state index in [4.69, 9.17) is 5.11 Å². The number of hydrogen-bond acceptors (Lipinski definition) is 5. The fourth-order valence-electron chi connectivity index (χ4n) is 2.27. The van der Waals surface area contributed by atoms with Crippen molar-refractivity contribution in [1.82, 2.24) is 24.8 Å². The maximum Gasteiger partial charge on any atom is 0.116 e. The Morgan fingerprint density at radius 2 is 2.26 bits per heavy atom. The van der Waals surface area contributed by atoms with E-state index in [1.54, 1.807) is 21.6 Å². The van der Waals surface area contributed by atoms with Gasteiger partial charge in [0.25, 0.3) is 0 Å². The lowest BCUT2D eigenvalue weighted by molar-refractivity contribution is 0.277. The van der Waals surface area contributed by atoms with Crippen LogP contribution in [0, 0.1) is 11.3 Å². The third kappa shape index (κ3) is 1.65. The molecule has 1 N–H and O–H groups in total. The Hall–Kier alpha value is -2.46. The molecule has 0 aliphatic heterocycles. The highest BCUT2D eigenvalue weighted by Crippen LogP contribution is 2.26. The summed E-state index contributed by atoms with van der Waals surface area (Å²) in [7, 11) is 1.83. The Bertz CT molecular complexity index is 794. The van der Waals surface area contributed by atoms with Gasteiger partial charge in [-0.1, -0.05) is 5.21 Å². The lowest BCUT2D eigenvalue weighted by Gasteiger charge is -2.03. The summed E-state index contributed by atoms with van der Waals surface area (Å²) in [6, 6.07) is 3.88. The molecular weight excluding hydrogens is 244 g/mol. The van der Waals surface area contributed by atoms with E-state index in [9.17, 15) is 5.26 Å². The first-order chi connectivity index (χ1) is 9.26. The summed E-state index contributed by atoms with van der Waals surface area (Å²) >= 11 is 0. The second-order valence-electron chi connectivity index (χ2n) is 4.32. The van der Waals surface area contributed by atoms with Gasteiger partial charge in [0.1, 0.15) is 11.0 Å². The second-order valence-corrected chi connectivity index (χ2v) is 4.32. The van der Waals surface area contributed by atoms with Crippen LogP contribution in [0.2, 0.25) is 0 Å². The Balaban J connectivity index is 2.37. The monoisotopic (exact) mass is 256 g/mol. The van der Waals surface area contributed by atoms with E-state index in [1.807, 2.05) is 7.05 Å². The Morgan fingerprint density at radius 3 is 3.00 bits per heavy atom. The number of aliphatic hydroxyl groups excluding tert-OH is 1. The minimum Gasteiger partial charge on any atom is -0.396 e. The Labute approximate surface area is 108 Å². The topological polar surface area (TPSA) is 92.5 Å². The van der Waals surface area contributed by atoms with Crippen LogP contribution in [-0.4, -0.2) is 36.5 Å². The summed E-state index contributed by atoms with van der Waals surface area (Å²) in [6.07, 6.45) is 2.29. The fraction of sp³-hybridized carbons (Fsp3) is 0.333. The van der Waals surface area contributed by atoms with Gasteiger partial charge >= 0.3 is 0 Å². The van der Waals surface area contributed by atoms with Crippen LogP contribution in [0.25, 0.3) is 21.9 Å². The summed E-state index contributed by atoms with van der Waals surface area (Å²) in [5, 5.41) is 31.3. The predicted octanol–water partition coefficient (Wildman–Crippen LogP) is 0.572. The van der Waals surface area contributed by atoms with E-state index < -0.39 is 0 Å². The van der Waals surface area contributed by atoms with E-state index in [-0.39, 0.29) is 6.61 Å². The molecule has 0 aliphatic carbocycles. The number of nitrogens with zero attached hydrogens (tertiary/aromatic N) is 6. The van der Waals surface area contributed by atoms with Crippen LogP contribution in [0.15, 0.2) is 12.3 Å². The van der Waals surface area contributed by atoms with Crippen molar-refractivity contribution in [2.45, 2.75) is 13.0 Å². The number of rotatable bonds is 3. The molecule has 19 heavy (non-hydrogen) atoms. The van der Waals surface area contributed by atoms with E-state index >= 15 is 0 Å². The minimum atomic E-state index is 0.103. The summed E-state index contributed by atoms with van der Waals surface area (Å²) in [4.78, 5) is 0. The van der Waals surface area contributed by atoms with Gasteiger partial charge in [0, 0.05) is 25.6 Å². The van der Waals surface area contributed by atoms with Gasteiger partial charge in [-0.15, -0.1) is 5.10 Å². The summed E-state index contributed by atoms with van der Waals surface area (Å²) in [5.41, 5.74) is 2.91. The molecule has 0 radical (unpaired) electrons. The van der Waals surface area contributed by atoms with Gasteiger partial charge in [0.05, 0.1) is 23.3 Å². The van der Waals surface area contributed by atoms with Crippen LogP contribution in [0.5, 0.6) is 0 Å². The molecule has 0 bridgehead atoms. The Kier molecular flexibility index (Phi) is 2.65. The molecule has 0 fully saturated rings. The largest absolute Gasteiger partial charge is 0.396 e. The maximum absolute atomic E-state index is 9.18. The van der Waals surface area contributed by atoms with Crippen LogP contribution in [-0.2, 0) is 13.6 Å². The first kappa shape index (κ1) is 11.6. The molecule has 3 rings (SSSR count). The normalized spacial score (nSPS) is 11.2. The maximum atomic E-state index is 9.18. The van der Waals surface area contributed by atoms with Gasteiger partial charge in [0.2, 0.25) is 0 Å². The SMILES string of the molecule is Cn1ncc2c(C#N)cc3nnn(CCCO)c3c21. The van der Waals surface area contributed by atoms with E-state index in [2.05, 4.69) is 21.5 Å². The quantitative estimate of drug-likeness (QED) is 0.739. The number of aliphatic hydroxyl groups is 1. The van der Waals surface area contributed by atoms with Crippen molar-refractivity contribution in [1.29, 1.82) is 5.26 Å². The van der Waals surface area contributed by atoms with Gasteiger partial charge in [0.15, 0.2) is 0 Å². The lowest BCUT2D eigenvalue weighted by Crippen LogP contribution is -2.03. The molecule has 0 spiro atoms. The van der Waals surface area contributed by atoms with Gasteiger partial charge in [-0.3, -0.25) is 4.68 Å². The molecule has 3 aromatic rings. The van der Waals surface area contributed by atoms with E-state index in [0.29, 0.717) is 24.0 Å². The molecule has 0 aliphatic rings. The predicted molar refractivity (Wildman–Crippen MR) is 68.2 cm³/mol. The van der Waals surface area contributed by atoms with Gasteiger partial charge < -0.3 is 5.11 Å². The number of benzene rings is 1. The van der Waals surface area contributed by atoms with Gasteiger partial charge in [-0.2, -0.15) is 10.4 Å². The molecule has 0 amide bonds. The fourth-order valence-corrected chi connectivity index (χ4v) is 2.27. The smallest absolute Gasteiger partial charge is 0.116 e. The number of nitriles is 1. The summed E-state index contributed by atoms with van der Waals surface area (Å²) in [6.45, 7) is 0.686. The van der Waals surface area contributed by atoms with Crippen LogP contribution in [0.1, 0.15) is 12.0 Å². The summed E-state index contributed by atoms with van der Waals surface area (Å²) < 4.78 is 3.47. The highest BCUT2D eigenvalue weighted by molar-refractivity contribution is 6.04. The zero-order valence-electron chi connectivity index (χ0n) is 10.4. The second kappa shape index (κ2) is 4.33. The molecule has 1 aromatic carbocycles. The molecule has 0 atom stereocenters. The third-order valence-electron chi connectivity index (χ3n) is 3.14.